The molecule has 11 aromatic rings. The van der Waals surface area contributed by atoms with E-state index in [-0.39, 0.29) is 0 Å². The van der Waals surface area contributed by atoms with Crippen LogP contribution in [0, 0.1) is 41.5 Å². The molecule has 9 aromatic carbocycles. The fraction of sp³-hybridized carbons (Fsp3) is 0.107. The first-order valence-corrected chi connectivity index (χ1v) is 20.7. The molecule has 0 spiro atoms. The van der Waals surface area contributed by atoms with Crippen LogP contribution in [0.15, 0.2) is 167 Å². The lowest BCUT2D eigenvalue weighted by Crippen LogP contribution is -2.11. The summed E-state index contributed by atoms with van der Waals surface area (Å²) in [5.74, 6) is 0. The summed E-state index contributed by atoms with van der Waals surface area (Å²) >= 11 is 0. The summed E-state index contributed by atoms with van der Waals surface area (Å²) < 4.78 is 13.9. The highest BCUT2D eigenvalue weighted by Gasteiger charge is 2.24. The SMILES string of the molecule is Cc1ccc(N(c2ccc(C)c(C)c2)c2cc3oc4cc5c(cc4c3c3ccccc23)oc2cc(N(c3ccc(C)cc3)c3ccc(C)c(C)c3)c3ccccc3c25)cc1. The molecule has 0 unspecified atom stereocenters. The van der Waals surface area contributed by atoms with E-state index in [0.29, 0.717) is 0 Å². The van der Waals surface area contributed by atoms with Gasteiger partial charge in [-0.05, 0) is 135 Å². The summed E-state index contributed by atoms with van der Waals surface area (Å²) in [5, 5.41) is 8.80. The molecule has 0 bridgehead atoms. The number of fused-ring (bicyclic) bond motifs is 10. The molecule has 2 aromatic heterocycles. The van der Waals surface area contributed by atoms with Gasteiger partial charge < -0.3 is 18.6 Å². The van der Waals surface area contributed by atoms with E-state index >= 15 is 0 Å². The van der Waals surface area contributed by atoms with Crippen LogP contribution in [-0.2, 0) is 0 Å². The molecule has 0 atom stereocenters. The first-order valence-electron chi connectivity index (χ1n) is 20.7. The minimum absolute atomic E-state index is 0.833. The molecule has 2 heterocycles. The number of benzene rings is 9. The average Bonchev–Trinajstić information content (AvgIpc) is 3.81. The van der Waals surface area contributed by atoms with Gasteiger partial charge in [0, 0.05) is 67.2 Å². The monoisotopic (exact) mass is 776 g/mol. The maximum absolute atomic E-state index is 6.96. The highest BCUT2D eigenvalue weighted by atomic mass is 16.3. The number of anilines is 6. The normalized spacial score (nSPS) is 11.8. The molecule has 0 N–H and O–H groups in total. The van der Waals surface area contributed by atoms with Crippen molar-refractivity contribution < 1.29 is 8.83 Å². The highest BCUT2D eigenvalue weighted by Crippen LogP contribution is 2.48. The third-order valence-electron chi connectivity index (χ3n) is 12.6. The van der Waals surface area contributed by atoms with Crippen molar-refractivity contribution in [2.75, 3.05) is 9.80 Å². The third kappa shape index (κ3) is 5.66. The summed E-state index contributed by atoms with van der Waals surface area (Å²) in [5.41, 5.74) is 17.4. The van der Waals surface area contributed by atoms with E-state index in [1.807, 2.05) is 0 Å². The van der Waals surface area contributed by atoms with Crippen LogP contribution >= 0.6 is 0 Å². The molecule has 11 rings (SSSR count). The highest BCUT2D eigenvalue weighted by molar-refractivity contribution is 6.27. The minimum Gasteiger partial charge on any atom is -0.456 e. The first kappa shape index (κ1) is 35.8. The van der Waals surface area contributed by atoms with Crippen LogP contribution in [0.2, 0.25) is 0 Å². The fourth-order valence-electron chi connectivity index (χ4n) is 9.08. The molecule has 0 radical (unpaired) electrons. The van der Waals surface area contributed by atoms with Crippen molar-refractivity contribution in [1.29, 1.82) is 0 Å². The van der Waals surface area contributed by atoms with Crippen molar-refractivity contribution in [2.45, 2.75) is 41.5 Å². The molecule has 0 saturated heterocycles. The Morgan fingerprint density at radius 2 is 0.667 bits per heavy atom. The number of nitrogens with zero attached hydrogens (tertiary/aromatic N) is 2. The van der Waals surface area contributed by atoms with Crippen LogP contribution in [0.3, 0.4) is 0 Å². The second-order valence-corrected chi connectivity index (χ2v) is 16.6. The lowest BCUT2D eigenvalue weighted by atomic mass is 9.98. The predicted molar refractivity (Wildman–Crippen MR) is 254 cm³/mol. The van der Waals surface area contributed by atoms with Gasteiger partial charge in [-0.15, -0.1) is 0 Å². The van der Waals surface area contributed by atoms with Crippen LogP contribution in [-0.4, -0.2) is 0 Å². The van der Waals surface area contributed by atoms with Gasteiger partial charge in [0.15, 0.2) is 0 Å². The summed E-state index contributed by atoms with van der Waals surface area (Å²) in [6.07, 6.45) is 0. The maximum Gasteiger partial charge on any atom is 0.138 e. The van der Waals surface area contributed by atoms with Gasteiger partial charge in [0.1, 0.15) is 22.3 Å². The van der Waals surface area contributed by atoms with Crippen molar-refractivity contribution in [3.8, 4) is 0 Å². The van der Waals surface area contributed by atoms with E-state index in [1.54, 1.807) is 0 Å². The minimum atomic E-state index is 0.833. The zero-order valence-electron chi connectivity index (χ0n) is 34.7. The van der Waals surface area contributed by atoms with Crippen LogP contribution in [0.5, 0.6) is 0 Å². The Labute approximate surface area is 349 Å². The molecule has 290 valence electrons. The zero-order valence-corrected chi connectivity index (χ0v) is 34.7. The summed E-state index contributed by atoms with van der Waals surface area (Å²) in [6, 6.07) is 57.2. The number of furan rings is 2. The van der Waals surface area contributed by atoms with E-state index in [2.05, 4.69) is 209 Å². The average molecular weight is 777 g/mol. The molecular weight excluding hydrogens is 733 g/mol. The number of hydrogen-bond donors (Lipinski definition) is 0. The summed E-state index contributed by atoms with van der Waals surface area (Å²) in [7, 11) is 0. The molecule has 0 aliphatic carbocycles. The quantitative estimate of drug-likeness (QED) is 0.168. The lowest BCUT2D eigenvalue weighted by Gasteiger charge is -2.27. The molecule has 0 fully saturated rings. The largest absolute Gasteiger partial charge is 0.456 e. The Morgan fingerprint density at radius 1 is 0.300 bits per heavy atom. The van der Waals surface area contributed by atoms with Crippen LogP contribution < -0.4 is 9.80 Å². The van der Waals surface area contributed by atoms with Crippen molar-refractivity contribution in [2.24, 2.45) is 0 Å². The van der Waals surface area contributed by atoms with E-state index in [4.69, 9.17) is 8.83 Å². The Balaban J connectivity index is 1.15. The van der Waals surface area contributed by atoms with E-state index in [1.165, 1.54) is 33.4 Å². The number of hydrogen-bond acceptors (Lipinski definition) is 4. The maximum atomic E-state index is 6.96. The van der Waals surface area contributed by atoms with Crippen LogP contribution in [0.1, 0.15) is 33.4 Å². The van der Waals surface area contributed by atoms with Gasteiger partial charge in [-0.3, -0.25) is 0 Å². The molecule has 0 aliphatic heterocycles. The second-order valence-electron chi connectivity index (χ2n) is 16.6. The Kier molecular flexibility index (Phi) is 8.15. The molecular formula is C56H44N2O2. The molecule has 4 nitrogen and oxygen atoms in total. The van der Waals surface area contributed by atoms with Crippen molar-refractivity contribution in [3.05, 3.63) is 191 Å². The lowest BCUT2D eigenvalue weighted by molar-refractivity contribution is 0.664. The van der Waals surface area contributed by atoms with Crippen LogP contribution in [0.4, 0.5) is 34.1 Å². The smallest absolute Gasteiger partial charge is 0.138 e. The molecule has 0 aliphatic rings. The van der Waals surface area contributed by atoms with Gasteiger partial charge in [-0.25, -0.2) is 0 Å². The van der Waals surface area contributed by atoms with Gasteiger partial charge in [0.05, 0.1) is 11.4 Å². The van der Waals surface area contributed by atoms with Gasteiger partial charge in [-0.2, -0.15) is 0 Å². The summed E-state index contributed by atoms with van der Waals surface area (Å²) in [4.78, 5) is 4.73. The van der Waals surface area contributed by atoms with E-state index in [9.17, 15) is 0 Å². The molecule has 0 amide bonds. The second kappa shape index (κ2) is 13.6. The van der Waals surface area contributed by atoms with Gasteiger partial charge in [0.2, 0.25) is 0 Å². The Bertz CT molecular complexity index is 3260. The molecule has 4 heteroatoms. The van der Waals surface area contributed by atoms with Crippen molar-refractivity contribution in [1.82, 2.24) is 0 Å². The summed E-state index contributed by atoms with van der Waals surface area (Å²) in [6.45, 7) is 13.0. The Hall–Kier alpha value is -7.30. The first-order chi connectivity index (χ1) is 29.2. The fourth-order valence-corrected chi connectivity index (χ4v) is 9.08. The van der Waals surface area contributed by atoms with Crippen molar-refractivity contribution in [3.63, 3.8) is 0 Å². The van der Waals surface area contributed by atoms with Crippen molar-refractivity contribution >= 4 is 99.5 Å². The Morgan fingerprint density at radius 3 is 1.05 bits per heavy atom. The standard InChI is InChI=1S/C56H44N2O2/c1-33-15-21-39(22-16-33)57(41-25-19-35(3)37(5)27-41)49-31-53-55(45-13-9-7-11-43(45)49)47-29-52-48(30-51(47)59-53)56-46-14-10-8-12-44(46)50(32-54(56)60-52)58(40-23-17-34(2)18-24-40)42-26-20-36(4)38(6)28-42/h7-32H,1-6H3. The third-order valence-corrected chi connectivity index (χ3v) is 12.6. The van der Waals surface area contributed by atoms with Gasteiger partial charge >= 0.3 is 0 Å². The van der Waals surface area contributed by atoms with Crippen LogP contribution in [0.25, 0.3) is 65.4 Å². The molecule has 0 saturated carbocycles. The van der Waals surface area contributed by atoms with E-state index < -0.39 is 0 Å². The number of aryl methyl sites for hydroxylation is 6. The topological polar surface area (TPSA) is 32.8 Å². The predicted octanol–water partition coefficient (Wildman–Crippen LogP) is 16.6. The van der Waals surface area contributed by atoms with E-state index in [0.717, 1.165) is 99.5 Å². The number of rotatable bonds is 6. The molecule has 60 heavy (non-hydrogen) atoms. The zero-order chi connectivity index (χ0) is 40.8. The van der Waals surface area contributed by atoms with Gasteiger partial charge in [0.25, 0.3) is 0 Å². The van der Waals surface area contributed by atoms with Gasteiger partial charge in [-0.1, -0.05) is 96.1 Å².